The topological polar surface area (TPSA) is 49.2 Å². The van der Waals surface area contributed by atoms with Gasteiger partial charge in [0, 0.05) is 11.8 Å². The number of fused-ring (bicyclic) bond motifs is 1. The molecule has 3 N–H and O–H groups in total. The van der Waals surface area contributed by atoms with Crippen LogP contribution in [0.25, 0.3) is 11.0 Å². The second-order valence-electron chi connectivity index (χ2n) is 4.77. The minimum atomic E-state index is 0.242. The van der Waals surface area contributed by atoms with Crippen LogP contribution in [0.15, 0.2) is 34.7 Å². The van der Waals surface area contributed by atoms with E-state index in [4.69, 9.17) is 4.42 Å². The van der Waals surface area contributed by atoms with Crippen LogP contribution in [0.4, 0.5) is 0 Å². The third-order valence-electron chi connectivity index (χ3n) is 3.33. The zero-order chi connectivity index (χ0) is 12.4. The van der Waals surface area contributed by atoms with E-state index in [9.17, 15) is 0 Å². The fourth-order valence-corrected chi connectivity index (χ4v) is 2.37. The Balaban J connectivity index is 1.72. The lowest BCUT2D eigenvalue weighted by atomic mass is 10.1. The van der Waals surface area contributed by atoms with Crippen molar-refractivity contribution in [3.05, 3.63) is 36.1 Å². The highest BCUT2D eigenvalue weighted by molar-refractivity contribution is 5.77. The van der Waals surface area contributed by atoms with E-state index >= 15 is 0 Å². The van der Waals surface area contributed by atoms with Gasteiger partial charge in [0.1, 0.15) is 11.3 Å². The molecular formula is C14H19N3O. The van der Waals surface area contributed by atoms with Gasteiger partial charge in [-0.15, -0.1) is 0 Å². The van der Waals surface area contributed by atoms with E-state index in [0.717, 1.165) is 30.7 Å². The van der Waals surface area contributed by atoms with Gasteiger partial charge in [-0.25, -0.2) is 10.9 Å². The Bertz CT molecular complexity index is 489. The summed E-state index contributed by atoms with van der Waals surface area (Å²) < 4.78 is 5.87. The molecule has 1 fully saturated rings. The number of para-hydroxylation sites is 1. The maximum absolute atomic E-state index is 5.87. The number of hydrogen-bond acceptors (Lipinski definition) is 4. The van der Waals surface area contributed by atoms with E-state index in [-0.39, 0.29) is 6.04 Å². The van der Waals surface area contributed by atoms with Gasteiger partial charge in [-0.1, -0.05) is 25.1 Å². The minimum Gasteiger partial charge on any atom is -0.459 e. The second kappa shape index (κ2) is 5.10. The zero-order valence-electron chi connectivity index (χ0n) is 10.6. The monoisotopic (exact) mass is 245 g/mol. The molecule has 0 radical (unpaired) electrons. The molecule has 0 spiro atoms. The standard InChI is InChI=1S/C14H19N3O/c1-2-7-15-14-9-11(16-17-14)13-8-10-5-3-4-6-12(10)18-13/h3-6,8,11,14-17H,2,7,9H2,1H3. The summed E-state index contributed by atoms with van der Waals surface area (Å²) in [7, 11) is 0. The first-order valence-corrected chi connectivity index (χ1v) is 6.59. The van der Waals surface area contributed by atoms with Crippen molar-refractivity contribution in [2.24, 2.45) is 0 Å². The second-order valence-corrected chi connectivity index (χ2v) is 4.77. The maximum atomic E-state index is 5.87. The van der Waals surface area contributed by atoms with E-state index in [0.29, 0.717) is 6.17 Å². The van der Waals surface area contributed by atoms with Crippen LogP contribution in [-0.2, 0) is 0 Å². The van der Waals surface area contributed by atoms with Gasteiger partial charge in [0.15, 0.2) is 0 Å². The summed E-state index contributed by atoms with van der Waals surface area (Å²) in [5, 5.41) is 4.62. The third-order valence-corrected chi connectivity index (χ3v) is 3.33. The average Bonchev–Trinajstić information content (AvgIpc) is 3.02. The Morgan fingerprint density at radius 3 is 3.06 bits per heavy atom. The fraction of sp³-hybridized carbons (Fsp3) is 0.429. The Kier molecular flexibility index (Phi) is 3.32. The van der Waals surface area contributed by atoms with E-state index in [2.05, 4.69) is 35.2 Å². The lowest BCUT2D eigenvalue weighted by Gasteiger charge is -2.09. The lowest BCUT2D eigenvalue weighted by Crippen LogP contribution is -2.41. The number of rotatable bonds is 4. The van der Waals surface area contributed by atoms with Crippen LogP contribution in [0.1, 0.15) is 31.6 Å². The van der Waals surface area contributed by atoms with Crippen LogP contribution in [0.2, 0.25) is 0 Å². The number of hydrogen-bond donors (Lipinski definition) is 3. The first-order chi connectivity index (χ1) is 8.86. The maximum Gasteiger partial charge on any atom is 0.134 e. The molecule has 2 aromatic rings. The van der Waals surface area contributed by atoms with Crippen molar-refractivity contribution in [1.29, 1.82) is 0 Å². The largest absolute Gasteiger partial charge is 0.459 e. The van der Waals surface area contributed by atoms with Crippen LogP contribution < -0.4 is 16.2 Å². The predicted molar refractivity (Wildman–Crippen MR) is 71.9 cm³/mol. The Hall–Kier alpha value is -1.36. The molecule has 4 heteroatoms. The summed E-state index contributed by atoms with van der Waals surface area (Å²) in [5.74, 6) is 1.00. The average molecular weight is 245 g/mol. The molecule has 1 aromatic heterocycles. The van der Waals surface area contributed by atoms with Gasteiger partial charge in [-0.05, 0) is 25.1 Å². The smallest absolute Gasteiger partial charge is 0.134 e. The van der Waals surface area contributed by atoms with Crippen LogP contribution in [0.5, 0.6) is 0 Å². The van der Waals surface area contributed by atoms with E-state index < -0.39 is 0 Å². The van der Waals surface area contributed by atoms with Gasteiger partial charge < -0.3 is 9.73 Å². The van der Waals surface area contributed by atoms with Gasteiger partial charge in [0.05, 0.1) is 12.2 Å². The van der Waals surface area contributed by atoms with Crippen molar-refractivity contribution >= 4 is 11.0 Å². The Morgan fingerprint density at radius 1 is 1.33 bits per heavy atom. The molecule has 2 unspecified atom stereocenters. The van der Waals surface area contributed by atoms with Crippen molar-refractivity contribution in [1.82, 2.24) is 16.2 Å². The van der Waals surface area contributed by atoms with Crippen LogP contribution in [0.3, 0.4) is 0 Å². The molecule has 0 aliphatic carbocycles. The Labute approximate surface area is 107 Å². The molecule has 0 amide bonds. The highest BCUT2D eigenvalue weighted by Gasteiger charge is 2.26. The zero-order valence-corrected chi connectivity index (χ0v) is 10.6. The third kappa shape index (κ3) is 2.27. The summed E-state index contributed by atoms with van der Waals surface area (Å²) in [6, 6.07) is 10.5. The SMILES string of the molecule is CCCNC1CC(c2cc3ccccc3o2)NN1. The van der Waals surface area contributed by atoms with Crippen molar-refractivity contribution in [3.8, 4) is 0 Å². The molecule has 0 saturated carbocycles. The molecule has 3 rings (SSSR count). The summed E-state index contributed by atoms with van der Waals surface area (Å²) in [4.78, 5) is 0. The van der Waals surface area contributed by atoms with Gasteiger partial charge in [-0.2, -0.15) is 0 Å². The summed E-state index contributed by atoms with van der Waals surface area (Å²) in [6.07, 6.45) is 2.47. The summed E-state index contributed by atoms with van der Waals surface area (Å²) >= 11 is 0. The van der Waals surface area contributed by atoms with Crippen LogP contribution in [-0.4, -0.2) is 12.7 Å². The van der Waals surface area contributed by atoms with Crippen molar-refractivity contribution in [3.63, 3.8) is 0 Å². The van der Waals surface area contributed by atoms with E-state index in [1.807, 2.05) is 18.2 Å². The lowest BCUT2D eigenvalue weighted by molar-refractivity contribution is 0.451. The summed E-state index contributed by atoms with van der Waals surface area (Å²) in [5.41, 5.74) is 7.51. The van der Waals surface area contributed by atoms with Gasteiger partial charge in [-0.3, -0.25) is 0 Å². The molecule has 2 atom stereocenters. The van der Waals surface area contributed by atoms with Crippen LogP contribution >= 0.6 is 0 Å². The molecule has 18 heavy (non-hydrogen) atoms. The molecule has 96 valence electrons. The van der Waals surface area contributed by atoms with Gasteiger partial charge in [0.2, 0.25) is 0 Å². The number of benzene rings is 1. The molecular weight excluding hydrogens is 226 g/mol. The quantitative estimate of drug-likeness (QED) is 0.773. The first-order valence-electron chi connectivity index (χ1n) is 6.59. The predicted octanol–water partition coefficient (Wildman–Crippen LogP) is 2.30. The number of hydrazine groups is 1. The van der Waals surface area contributed by atoms with Crippen molar-refractivity contribution in [2.75, 3.05) is 6.54 Å². The van der Waals surface area contributed by atoms with Gasteiger partial charge >= 0.3 is 0 Å². The Morgan fingerprint density at radius 2 is 2.22 bits per heavy atom. The molecule has 0 bridgehead atoms. The molecule has 1 saturated heterocycles. The molecule has 1 aromatic carbocycles. The fourth-order valence-electron chi connectivity index (χ4n) is 2.37. The normalized spacial score (nSPS) is 23.8. The minimum absolute atomic E-state index is 0.242. The first kappa shape index (κ1) is 11.7. The molecule has 2 heterocycles. The van der Waals surface area contributed by atoms with Crippen LogP contribution in [0, 0.1) is 0 Å². The highest BCUT2D eigenvalue weighted by atomic mass is 16.3. The van der Waals surface area contributed by atoms with Crippen molar-refractivity contribution in [2.45, 2.75) is 32.0 Å². The van der Waals surface area contributed by atoms with E-state index in [1.54, 1.807) is 0 Å². The number of furan rings is 1. The molecule has 4 nitrogen and oxygen atoms in total. The summed E-state index contributed by atoms with van der Waals surface area (Å²) in [6.45, 7) is 3.21. The van der Waals surface area contributed by atoms with Gasteiger partial charge in [0.25, 0.3) is 0 Å². The number of nitrogens with one attached hydrogen (secondary N) is 3. The molecule has 1 aliphatic rings. The van der Waals surface area contributed by atoms with E-state index in [1.165, 1.54) is 5.39 Å². The highest BCUT2D eigenvalue weighted by Crippen LogP contribution is 2.27. The van der Waals surface area contributed by atoms with Crippen molar-refractivity contribution < 1.29 is 4.42 Å². The molecule has 1 aliphatic heterocycles.